The molecule has 0 bridgehead atoms. The van der Waals surface area contributed by atoms with Gasteiger partial charge in [0.1, 0.15) is 11.6 Å². The van der Waals surface area contributed by atoms with Crippen LogP contribution < -0.4 is 5.32 Å². The number of halogens is 3. The van der Waals surface area contributed by atoms with Crippen molar-refractivity contribution >= 4 is 11.6 Å². The minimum absolute atomic E-state index is 0.0243. The number of aryl methyl sites for hydroxylation is 2. The van der Waals surface area contributed by atoms with Crippen LogP contribution in [0.1, 0.15) is 35.2 Å². The third-order valence-electron chi connectivity index (χ3n) is 3.54. The summed E-state index contributed by atoms with van der Waals surface area (Å²) >= 11 is 6.05. The standard InChI is InChI=1S/C17H18ClF2N/c1-10-6-13(7-11(2)17(10)20)9-21-12(3)15-5-4-14(19)8-16(15)18/h4-8,12,21H,9H2,1-3H3. The molecule has 4 heteroatoms. The first-order chi connectivity index (χ1) is 9.88. The predicted octanol–water partition coefficient (Wildman–Crippen LogP) is 5.09. The molecule has 0 aliphatic carbocycles. The Balaban J connectivity index is 2.09. The van der Waals surface area contributed by atoms with Gasteiger partial charge in [-0.15, -0.1) is 0 Å². The van der Waals surface area contributed by atoms with Gasteiger partial charge in [0, 0.05) is 17.6 Å². The fourth-order valence-corrected chi connectivity index (χ4v) is 2.70. The maximum atomic E-state index is 13.6. The van der Waals surface area contributed by atoms with Crippen LogP contribution in [0, 0.1) is 25.5 Å². The Hall–Kier alpha value is -1.45. The van der Waals surface area contributed by atoms with Gasteiger partial charge < -0.3 is 5.32 Å². The van der Waals surface area contributed by atoms with Crippen molar-refractivity contribution in [3.63, 3.8) is 0 Å². The zero-order valence-electron chi connectivity index (χ0n) is 12.3. The summed E-state index contributed by atoms with van der Waals surface area (Å²) in [5.74, 6) is -0.505. The molecule has 2 aromatic carbocycles. The molecule has 0 heterocycles. The molecule has 1 N–H and O–H groups in total. The first-order valence-electron chi connectivity index (χ1n) is 6.82. The molecule has 0 fully saturated rings. The smallest absolute Gasteiger partial charge is 0.129 e. The molecular formula is C17H18ClF2N. The molecule has 0 aliphatic rings. The van der Waals surface area contributed by atoms with Crippen molar-refractivity contribution in [1.29, 1.82) is 0 Å². The summed E-state index contributed by atoms with van der Waals surface area (Å²) < 4.78 is 26.6. The molecule has 112 valence electrons. The molecule has 2 aromatic rings. The molecule has 1 unspecified atom stereocenters. The van der Waals surface area contributed by atoms with E-state index in [-0.39, 0.29) is 17.7 Å². The van der Waals surface area contributed by atoms with Gasteiger partial charge >= 0.3 is 0 Å². The Morgan fingerprint density at radius 2 is 1.71 bits per heavy atom. The summed E-state index contributed by atoms with van der Waals surface area (Å²) in [4.78, 5) is 0. The van der Waals surface area contributed by atoms with Crippen LogP contribution in [0.5, 0.6) is 0 Å². The normalized spacial score (nSPS) is 12.5. The first kappa shape index (κ1) is 15.9. The summed E-state index contributed by atoms with van der Waals surface area (Å²) in [7, 11) is 0. The van der Waals surface area contributed by atoms with E-state index in [2.05, 4.69) is 5.32 Å². The van der Waals surface area contributed by atoms with E-state index in [4.69, 9.17) is 11.6 Å². The Labute approximate surface area is 128 Å². The fraction of sp³-hybridized carbons (Fsp3) is 0.294. The second kappa shape index (κ2) is 6.54. The second-order valence-corrected chi connectivity index (χ2v) is 5.72. The Bertz CT molecular complexity index is 632. The zero-order valence-corrected chi connectivity index (χ0v) is 13.1. The van der Waals surface area contributed by atoms with E-state index in [9.17, 15) is 8.78 Å². The minimum Gasteiger partial charge on any atom is -0.306 e. The topological polar surface area (TPSA) is 12.0 Å². The largest absolute Gasteiger partial charge is 0.306 e. The summed E-state index contributed by atoms with van der Waals surface area (Å²) in [6, 6.07) is 8.01. The Morgan fingerprint density at radius 1 is 1.10 bits per heavy atom. The number of nitrogens with one attached hydrogen (secondary N) is 1. The zero-order chi connectivity index (χ0) is 15.6. The summed E-state index contributed by atoms with van der Waals surface area (Å²) in [6.45, 7) is 6.07. The third kappa shape index (κ3) is 3.80. The number of hydrogen-bond acceptors (Lipinski definition) is 1. The van der Waals surface area contributed by atoms with Gasteiger partial charge in [0.15, 0.2) is 0 Å². The highest BCUT2D eigenvalue weighted by Crippen LogP contribution is 2.24. The summed E-state index contributed by atoms with van der Waals surface area (Å²) in [5, 5.41) is 3.72. The van der Waals surface area contributed by atoms with Gasteiger partial charge in [-0.1, -0.05) is 29.8 Å². The highest BCUT2D eigenvalue weighted by molar-refractivity contribution is 6.31. The van der Waals surface area contributed by atoms with Crippen LogP contribution in [-0.2, 0) is 6.54 Å². The van der Waals surface area contributed by atoms with Crippen LogP contribution in [0.3, 0.4) is 0 Å². The monoisotopic (exact) mass is 309 g/mol. The SMILES string of the molecule is Cc1cc(CNC(C)c2ccc(F)cc2Cl)cc(C)c1F. The molecular weight excluding hydrogens is 292 g/mol. The quantitative estimate of drug-likeness (QED) is 0.830. The Morgan fingerprint density at radius 3 is 2.29 bits per heavy atom. The van der Waals surface area contributed by atoms with Crippen molar-refractivity contribution in [1.82, 2.24) is 5.32 Å². The molecule has 1 atom stereocenters. The molecule has 21 heavy (non-hydrogen) atoms. The van der Waals surface area contributed by atoms with Crippen molar-refractivity contribution in [2.24, 2.45) is 0 Å². The number of benzene rings is 2. The van der Waals surface area contributed by atoms with E-state index in [0.29, 0.717) is 22.7 Å². The third-order valence-corrected chi connectivity index (χ3v) is 3.86. The van der Waals surface area contributed by atoms with E-state index < -0.39 is 0 Å². The van der Waals surface area contributed by atoms with Crippen molar-refractivity contribution < 1.29 is 8.78 Å². The summed E-state index contributed by atoms with van der Waals surface area (Å²) in [6.07, 6.45) is 0. The van der Waals surface area contributed by atoms with E-state index >= 15 is 0 Å². The van der Waals surface area contributed by atoms with Crippen molar-refractivity contribution in [2.75, 3.05) is 0 Å². The second-order valence-electron chi connectivity index (χ2n) is 5.31. The lowest BCUT2D eigenvalue weighted by molar-refractivity contribution is 0.567. The molecule has 0 radical (unpaired) electrons. The number of rotatable bonds is 4. The number of hydrogen-bond donors (Lipinski definition) is 1. The summed E-state index contributed by atoms with van der Waals surface area (Å²) in [5.41, 5.74) is 3.13. The van der Waals surface area contributed by atoms with Crippen LogP contribution in [0.25, 0.3) is 0 Å². The van der Waals surface area contributed by atoms with Crippen LogP contribution >= 0.6 is 11.6 Å². The Kier molecular flexibility index (Phi) is 4.96. The maximum absolute atomic E-state index is 13.6. The van der Waals surface area contributed by atoms with Gasteiger partial charge in [0.25, 0.3) is 0 Å². The molecule has 0 aromatic heterocycles. The molecule has 0 saturated carbocycles. The van der Waals surface area contributed by atoms with Gasteiger partial charge in [-0.2, -0.15) is 0 Å². The highest BCUT2D eigenvalue weighted by atomic mass is 35.5. The molecule has 0 spiro atoms. The van der Waals surface area contributed by atoms with Crippen LogP contribution in [0.4, 0.5) is 8.78 Å². The average Bonchev–Trinajstić information content (AvgIpc) is 2.42. The average molecular weight is 310 g/mol. The van der Waals surface area contributed by atoms with Crippen LogP contribution in [0.2, 0.25) is 5.02 Å². The molecule has 1 nitrogen and oxygen atoms in total. The van der Waals surface area contributed by atoms with Gasteiger partial charge in [0.05, 0.1) is 0 Å². The van der Waals surface area contributed by atoms with E-state index in [1.807, 2.05) is 19.1 Å². The van der Waals surface area contributed by atoms with E-state index in [1.165, 1.54) is 12.1 Å². The fourth-order valence-electron chi connectivity index (χ4n) is 2.37. The first-order valence-corrected chi connectivity index (χ1v) is 7.20. The molecule has 0 saturated heterocycles. The van der Waals surface area contributed by atoms with Gasteiger partial charge in [-0.3, -0.25) is 0 Å². The molecule has 2 rings (SSSR count). The van der Waals surface area contributed by atoms with Crippen molar-refractivity contribution in [3.05, 3.63) is 69.2 Å². The van der Waals surface area contributed by atoms with Gasteiger partial charge in [-0.05, 0) is 55.2 Å². The van der Waals surface area contributed by atoms with Gasteiger partial charge in [0.2, 0.25) is 0 Å². The lowest BCUT2D eigenvalue weighted by Crippen LogP contribution is -2.18. The maximum Gasteiger partial charge on any atom is 0.129 e. The van der Waals surface area contributed by atoms with Crippen LogP contribution in [0.15, 0.2) is 30.3 Å². The molecule has 0 aliphatic heterocycles. The van der Waals surface area contributed by atoms with Crippen molar-refractivity contribution in [2.45, 2.75) is 33.4 Å². The minimum atomic E-state index is -0.347. The highest BCUT2D eigenvalue weighted by Gasteiger charge is 2.11. The van der Waals surface area contributed by atoms with Crippen LogP contribution in [-0.4, -0.2) is 0 Å². The van der Waals surface area contributed by atoms with E-state index in [0.717, 1.165) is 11.1 Å². The lowest BCUT2D eigenvalue weighted by atomic mass is 10.0. The molecule has 0 amide bonds. The van der Waals surface area contributed by atoms with Crippen molar-refractivity contribution in [3.8, 4) is 0 Å². The van der Waals surface area contributed by atoms with E-state index in [1.54, 1.807) is 19.9 Å². The van der Waals surface area contributed by atoms with Gasteiger partial charge in [-0.25, -0.2) is 8.78 Å². The predicted molar refractivity (Wildman–Crippen MR) is 82.5 cm³/mol. The lowest BCUT2D eigenvalue weighted by Gasteiger charge is -2.16.